The fourth-order valence-electron chi connectivity index (χ4n) is 2.68. The first kappa shape index (κ1) is 11.1. The second kappa shape index (κ2) is 4.72. The van der Waals surface area contributed by atoms with Gasteiger partial charge < -0.3 is 10.5 Å². The number of fused-ring (bicyclic) bond motifs is 1. The van der Waals surface area contributed by atoms with Gasteiger partial charge in [0.2, 0.25) is 0 Å². The molecule has 3 N–H and O–H groups in total. The normalized spacial score (nSPS) is 29.5. The number of ether oxygens (including phenoxy) is 1. The Morgan fingerprint density at radius 1 is 1.53 bits per heavy atom. The molecule has 6 heteroatoms. The minimum absolute atomic E-state index is 0.0205. The summed E-state index contributed by atoms with van der Waals surface area (Å²) in [5, 5.41) is 7.15. The summed E-state index contributed by atoms with van der Waals surface area (Å²) in [7, 11) is 0. The Morgan fingerprint density at radius 2 is 2.47 bits per heavy atom. The highest BCUT2D eigenvalue weighted by molar-refractivity contribution is 4.99. The van der Waals surface area contributed by atoms with E-state index in [0.29, 0.717) is 12.6 Å². The highest BCUT2D eigenvalue weighted by Gasteiger charge is 2.34. The molecule has 2 aliphatic heterocycles. The van der Waals surface area contributed by atoms with Crippen molar-refractivity contribution >= 4 is 0 Å². The number of nitrogens with one attached hydrogen (secondary N) is 1. The number of aromatic nitrogens is 3. The Labute approximate surface area is 101 Å². The standard InChI is InChI=1S/C11H19N5O/c12-4-3-10-13-11(15-14-10)9-6-16-5-1-2-8(16)7-17-9/h8-9H,1-7,12H2,(H,13,14,15)/t8-,9+/m0/s1. The third-order valence-corrected chi connectivity index (χ3v) is 3.61. The van der Waals surface area contributed by atoms with Gasteiger partial charge in [0.25, 0.3) is 0 Å². The summed E-state index contributed by atoms with van der Waals surface area (Å²) >= 11 is 0. The van der Waals surface area contributed by atoms with Crippen LogP contribution in [-0.2, 0) is 11.2 Å². The van der Waals surface area contributed by atoms with E-state index in [1.165, 1.54) is 19.4 Å². The van der Waals surface area contributed by atoms with E-state index in [-0.39, 0.29) is 6.10 Å². The number of morpholine rings is 1. The van der Waals surface area contributed by atoms with E-state index in [9.17, 15) is 0 Å². The molecule has 2 aliphatic rings. The lowest BCUT2D eigenvalue weighted by Crippen LogP contribution is -2.42. The predicted molar refractivity (Wildman–Crippen MR) is 62.4 cm³/mol. The van der Waals surface area contributed by atoms with Crippen molar-refractivity contribution in [1.29, 1.82) is 0 Å². The number of rotatable bonds is 3. The van der Waals surface area contributed by atoms with Crippen molar-refractivity contribution in [2.75, 3.05) is 26.2 Å². The largest absolute Gasteiger partial charge is 0.367 e. The molecule has 1 aromatic rings. The topological polar surface area (TPSA) is 80.1 Å². The van der Waals surface area contributed by atoms with Crippen LogP contribution in [0.4, 0.5) is 0 Å². The van der Waals surface area contributed by atoms with Gasteiger partial charge in [0, 0.05) is 19.0 Å². The SMILES string of the molecule is NCCc1nc([C@H]2CN3CCC[C@H]3CO2)n[nH]1. The van der Waals surface area contributed by atoms with Gasteiger partial charge in [-0.25, -0.2) is 4.98 Å². The number of H-pyrrole nitrogens is 1. The first-order chi connectivity index (χ1) is 8.36. The highest BCUT2D eigenvalue weighted by atomic mass is 16.5. The fourth-order valence-corrected chi connectivity index (χ4v) is 2.68. The minimum atomic E-state index is 0.0205. The van der Waals surface area contributed by atoms with Crippen LogP contribution >= 0.6 is 0 Å². The Kier molecular flexibility index (Phi) is 3.09. The molecule has 17 heavy (non-hydrogen) atoms. The van der Waals surface area contributed by atoms with Crippen molar-refractivity contribution in [2.45, 2.75) is 31.4 Å². The van der Waals surface area contributed by atoms with Crippen LogP contribution in [0.15, 0.2) is 0 Å². The monoisotopic (exact) mass is 237 g/mol. The zero-order valence-electron chi connectivity index (χ0n) is 9.93. The van der Waals surface area contributed by atoms with Crippen LogP contribution in [0.3, 0.4) is 0 Å². The van der Waals surface area contributed by atoms with Crippen LogP contribution in [0.2, 0.25) is 0 Å². The maximum absolute atomic E-state index is 5.85. The molecule has 2 atom stereocenters. The lowest BCUT2D eigenvalue weighted by atomic mass is 10.2. The van der Waals surface area contributed by atoms with Gasteiger partial charge >= 0.3 is 0 Å². The number of hydrogen-bond donors (Lipinski definition) is 2. The molecule has 0 spiro atoms. The van der Waals surface area contributed by atoms with E-state index >= 15 is 0 Å². The Hall–Kier alpha value is -0.980. The predicted octanol–water partition coefficient (Wildman–Crippen LogP) is -0.158. The number of hydrogen-bond acceptors (Lipinski definition) is 5. The molecule has 0 saturated carbocycles. The first-order valence-electron chi connectivity index (χ1n) is 6.33. The van der Waals surface area contributed by atoms with E-state index in [4.69, 9.17) is 10.5 Å². The summed E-state index contributed by atoms with van der Waals surface area (Å²) in [6.07, 6.45) is 3.31. The highest BCUT2D eigenvalue weighted by Crippen LogP contribution is 2.28. The molecule has 2 saturated heterocycles. The minimum Gasteiger partial charge on any atom is -0.367 e. The molecule has 3 heterocycles. The third-order valence-electron chi connectivity index (χ3n) is 3.61. The Balaban J connectivity index is 1.67. The molecular weight excluding hydrogens is 218 g/mol. The van der Waals surface area contributed by atoms with Crippen molar-refractivity contribution in [1.82, 2.24) is 20.1 Å². The summed E-state index contributed by atoms with van der Waals surface area (Å²) < 4.78 is 5.85. The van der Waals surface area contributed by atoms with E-state index in [0.717, 1.165) is 31.2 Å². The van der Waals surface area contributed by atoms with Gasteiger partial charge in [0.05, 0.1) is 6.61 Å². The molecule has 6 nitrogen and oxygen atoms in total. The fraction of sp³-hybridized carbons (Fsp3) is 0.818. The van der Waals surface area contributed by atoms with Crippen molar-refractivity contribution in [2.24, 2.45) is 5.73 Å². The molecule has 0 unspecified atom stereocenters. The van der Waals surface area contributed by atoms with Gasteiger partial charge in [-0.05, 0) is 25.9 Å². The summed E-state index contributed by atoms with van der Waals surface area (Å²) in [5.41, 5.74) is 5.49. The van der Waals surface area contributed by atoms with Gasteiger partial charge in [-0.2, -0.15) is 5.10 Å². The summed E-state index contributed by atoms with van der Waals surface area (Å²) in [6.45, 7) is 3.51. The molecule has 0 bridgehead atoms. The van der Waals surface area contributed by atoms with Crippen LogP contribution in [0.5, 0.6) is 0 Å². The number of aromatic amines is 1. The van der Waals surface area contributed by atoms with Crippen LogP contribution in [0.1, 0.15) is 30.6 Å². The Bertz CT molecular complexity index is 380. The third kappa shape index (κ3) is 2.20. The van der Waals surface area contributed by atoms with Gasteiger partial charge in [0.1, 0.15) is 11.9 Å². The average Bonchev–Trinajstić information content (AvgIpc) is 2.96. The van der Waals surface area contributed by atoms with Gasteiger partial charge in [-0.3, -0.25) is 10.00 Å². The van der Waals surface area contributed by atoms with E-state index in [1.54, 1.807) is 0 Å². The smallest absolute Gasteiger partial charge is 0.180 e. The molecule has 0 aromatic carbocycles. The lowest BCUT2D eigenvalue weighted by molar-refractivity contribution is -0.0540. The molecule has 2 fully saturated rings. The van der Waals surface area contributed by atoms with E-state index < -0.39 is 0 Å². The second-order valence-electron chi connectivity index (χ2n) is 4.79. The van der Waals surface area contributed by atoms with Gasteiger partial charge in [-0.1, -0.05) is 0 Å². The van der Waals surface area contributed by atoms with Crippen molar-refractivity contribution in [3.8, 4) is 0 Å². The zero-order valence-corrected chi connectivity index (χ0v) is 9.93. The average molecular weight is 237 g/mol. The molecular formula is C11H19N5O. The van der Waals surface area contributed by atoms with Crippen molar-refractivity contribution in [3.05, 3.63) is 11.6 Å². The van der Waals surface area contributed by atoms with Crippen LogP contribution in [-0.4, -0.2) is 52.4 Å². The summed E-state index contributed by atoms with van der Waals surface area (Å²) in [4.78, 5) is 6.93. The maximum Gasteiger partial charge on any atom is 0.180 e. The number of nitrogens with zero attached hydrogens (tertiary/aromatic N) is 3. The molecule has 0 radical (unpaired) electrons. The Morgan fingerprint density at radius 3 is 3.35 bits per heavy atom. The second-order valence-corrected chi connectivity index (χ2v) is 4.79. The van der Waals surface area contributed by atoms with Crippen LogP contribution in [0.25, 0.3) is 0 Å². The van der Waals surface area contributed by atoms with E-state index in [2.05, 4.69) is 20.1 Å². The molecule has 1 aromatic heterocycles. The first-order valence-corrected chi connectivity index (χ1v) is 6.33. The van der Waals surface area contributed by atoms with Crippen molar-refractivity contribution < 1.29 is 4.74 Å². The summed E-state index contributed by atoms with van der Waals surface area (Å²) in [5.74, 6) is 1.63. The van der Waals surface area contributed by atoms with Crippen LogP contribution in [0, 0.1) is 0 Å². The molecule has 3 rings (SSSR count). The number of nitrogens with two attached hydrogens (primary N) is 1. The quantitative estimate of drug-likeness (QED) is 0.763. The van der Waals surface area contributed by atoms with Gasteiger partial charge in [-0.15, -0.1) is 0 Å². The lowest BCUT2D eigenvalue weighted by Gasteiger charge is -2.33. The molecule has 94 valence electrons. The van der Waals surface area contributed by atoms with Crippen LogP contribution < -0.4 is 5.73 Å². The zero-order chi connectivity index (χ0) is 11.7. The molecule has 0 amide bonds. The van der Waals surface area contributed by atoms with Gasteiger partial charge in [0.15, 0.2) is 5.82 Å². The maximum atomic E-state index is 5.85. The van der Waals surface area contributed by atoms with Crippen molar-refractivity contribution in [3.63, 3.8) is 0 Å². The summed E-state index contributed by atoms with van der Waals surface area (Å²) in [6, 6.07) is 0.619. The van der Waals surface area contributed by atoms with E-state index in [1.807, 2.05) is 0 Å². The molecule has 0 aliphatic carbocycles.